The lowest BCUT2D eigenvalue weighted by molar-refractivity contribution is 0.127. The van der Waals surface area contributed by atoms with Crippen molar-refractivity contribution in [1.82, 2.24) is 5.32 Å². The minimum atomic E-state index is 0.384. The first kappa shape index (κ1) is 13.0. The molecular formula is C13H27NO. The first-order chi connectivity index (χ1) is 7.36. The Hall–Kier alpha value is -0.0800. The molecule has 2 heteroatoms. The number of nitrogens with one attached hydrogen (secondary N) is 1. The van der Waals surface area contributed by atoms with E-state index in [1.165, 1.54) is 57.9 Å². The third-order valence-electron chi connectivity index (χ3n) is 3.46. The fourth-order valence-electron chi connectivity index (χ4n) is 2.26. The molecule has 0 unspecified atom stereocenters. The van der Waals surface area contributed by atoms with Crippen LogP contribution in [0.4, 0.5) is 0 Å². The van der Waals surface area contributed by atoms with Crippen molar-refractivity contribution >= 4 is 0 Å². The number of rotatable bonds is 9. The van der Waals surface area contributed by atoms with Gasteiger partial charge in [-0.15, -0.1) is 0 Å². The molecule has 0 bridgehead atoms. The molecular weight excluding hydrogens is 186 g/mol. The van der Waals surface area contributed by atoms with Crippen LogP contribution in [0.3, 0.4) is 0 Å². The average molecular weight is 213 g/mol. The van der Waals surface area contributed by atoms with Crippen LogP contribution in [0.2, 0.25) is 0 Å². The first-order valence-corrected chi connectivity index (χ1v) is 6.71. The highest BCUT2D eigenvalue weighted by atomic mass is 16.3. The Morgan fingerprint density at radius 3 is 2.40 bits per heavy atom. The molecule has 0 aromatic carbocycles. The van der Waals surface area contributed by atoms with Gasteiger partial charge in [-0.3, -0.25) is 0 Å². The molecule has 2 nitrogen and oxygen atoms in total. The second-order valence-corrected chi connectivity index (χ2v) is 4.94. The minimum Gasteiger partial charge on any atom is -0.396 e. The van der Waals surface area contributed by atoms with Crippen LogP contribution in [0.1, 0.15) is 58.3 Å². The van der Waals surface area contributed by atoms with Gasteiger partial charge in [-0.2, -0.15) is 0 Å². The van der Waals surface area contributed by atoms with E-state index in [-0.39, 0.29) is 0 Å². The smallest absolute Gasteiger partial charge is 0.0460 e. The lowest BCUT2D eigenvalue weighted by Crippen LogP contribution is -2.42. The molecule has 0 atom stereocenters. The maximum absolute atomic E-state index is 8.87. The van der Waals surface area contributed by atoms with E-state index in [9.17, 15) is 0 Å². The van der Waals surface area contributed by atoms with Crippen molar-refractivity contribution in [2.75, 3.05) is 13.2 Å². The van der Waals surface area contributed by atoms with Crippen LogP contribution in [0.15, 0.2) is 0 Å². The van der Waals surface area contributed by atoms with Crippen LogP contribution in [0.5, 0.6) is 0 Å². The molecule has 0 aliphatic heterocycles. The molecule has 0 amide bonds. The van der Waals surface area contributed by atoms with Gasteiger partial charge in [-0.1, -0.05) is 39.0 Å². The molecule has 90 valence electrons. The molecule has 1 aliphatic rings. The van der Waals surface area contributed by atoms with Crippen LogP contribution < -0.4 is 5.32 Å². The molecule has 1 aliphatic carbocycles. The van der Waals surface area contributed by atoms with Crippen molar-refractivity contribution in [3.63, 3.8) is 0 Å². The Kier molecular flexibility index (Phi) is 7.03. The van der Waals surface area contributed by atoms with Crippen molar-refractivity contribution in [1.29, 1.82) is 0 Å². The van der Waals surface area contributed by atoms with E-state index in [2.05, 4.69) is 12.2 Å². The van der Waals surface area contributed by atoms with Gasteiger partial charge < -0.3 is 10.4 Å². The van der Waals surface area contributed by atoms with Crippen LogP contribution in [-0.2, 0) is 0 Å². The Labute approximate surface area is 94.5 Å². The lowest BCUT2D eigenvalue weighted by atomic mass is 9.81. The topological polar surface area (TPSA) is 32.3 Å². The molecule has 0 saturated heterocycles. The van der Waals surface area contributed by atoms with E-state index in [0.717, 1.165) is 0 Å². The molecule has 1 saturated carbocycles. The number of hydrogen-bond acceptors (Lipinski definition) is 2. The predicted octanol–water partition coefficient (Wildman–Crippen LogP) is 2.71. The predicted molar refractivity (Wildman–Crippen MR) is 65.0 cm³/mol. The van der Waals surface area contributed by atoms with E-state index in [4.69, 9.17) is 5.11 Å². The van der Waals surface area contributed by atoms with Gasteiger partial charge in [-0.05, 0) is 31.7 Å². The van der Waals surface area contributed by atoms with Gasteiger partial charge >= 0.3 is 0 Å². The van der Waals surface area contributed by atoms with Gasteiger partial charge in [0.25, 0.3) is 0 Å². The highest BCUT2D eigenvalue weighted by molar-refractivity contribution is 4.84. The number of aliphatic hydroxyl groups excluding tert-OH is 1. The summed E-state index contributed by atoms with van der Waals surface area (Å²) in [6.07, 6.45) is 10.6. The largest absolute Gasteiger partial charge is 0.396 e. The summed E-state index contributed by atoms with van der Waals surface area (Å²) in [6.45, 7) is 3.82. The molecule has 0 heterocycles. The Morgan fingerprint density at radius 1 is 1.07 bits per heavy atom. The zero-order valence-electron chi connectivity index (χ0n) is 10.2. The van der Waals surface area contributed by atoms with E-state index in [1.54, 1.807) is 0 Å². The Balaban J connectivity index is 1.74. The minimum absolute atomic E-state index is 0.384. The van der Waals surface area contributed by atoms with E-state index < -0.39 is 0 Å². The molecule has 1 fully saturated rings. The van der Waals surface area contributed by atoms with E-state index in [0.29, 0.717) is 18.6 Å². The monoisotopic (exact) mass is 213 g/mol. The van der Waals surface area contributed by atoms with E-state index in [1.807, 2.05) is 0 Å². The zero-order valence-corrected chi connectivity index (χ0v) is 10.2. The van der Waals surface area contributed by atoms with Crippen molar-refractivity contribution in [2.45, 2.75) is 64.3 Å². The summed E-state index contributed by atoms with van der Waals surface area (Å²) in [5.74, 6) is 0.590. The molecule has 0 aromatic heterocycles. The summed E-state index contributed by atoms with van der Waals surface area (Å²) in [5, 5.41) is 12.4. The second-order valence-electron chi connectivity index (χ2n) is 4.94. The highest BCUT2D eigenvalue weighted by Gasteiger charge is 2.27. The van der Waals surface area contributed by atoms with Crippen LogP contribution >= 0.6 is 0 Å². The van der Waals surface area contributed by atoms with Gasteiger partial charge in [-0.25, -0.2) is 0 Å². The summed E-state index contributed by atoms with van der Waals surface area (Å²) in [6, 6.07) is 0.706. The molecule has 0 spiro atoms. The number of unbranched alkanes of at least 4 members (excludes halogenated alkanes) is 5. The van der Waals surface area contributed by atoms with Gasteiger partial charge in [0.2, 0.25) is 0 Å². The number of hydrogen-bond donors (Lipinski definition) is 2. The van der Waals surface area contributed by atoms with Crippen LogP contribution in [-0.4, -0.2) is 24.3 Å². The normalized spacial score (nSPS) is 25.2. The quantitative estimate of drug-likeness (QED) is 0.577. The summed E-state index contributed by atoms with van der Waals surface area (Å²) in [7, 11) is 0. The summed E-state index contributed by atoms with van der Waals surface area (Å²) < 4.78 is 0. The second kappa shape index (κ2) is 8.12. The van der Waals surface area contributed by atoms with Gasteiger partial charge in [0, 0.05) is 12.6 Å². The summed E-state index contributed by atoms with van der Waals surface area (Å²) >= 11 is 0. The van der Waals surface area contributed by atoms with Crippen LogP contribution in [0.25, 0.3) is 0 Å². The van der Waals surface area contributed by atoms with Crippen molar-refractivity contribution in [3.8, 4) is 0 Å². The van der Waals surface area contributed by atoms with Crippen molar-refractivity contribution in [2.24, 2.45) is 5.92 Å². The third-order valence-corrected chi connectivity index (χ3v) is 3.46. The molecule has 0 aromatic rings. The summed E-state index contributed by atoms with van der Waals surface area (Å²) in [4.78, 5) is 0. The standard InChI is InChI=1S/C13H27NO/c1-2-3-4-5-6-7-8-14-13-9-12(10-13)11-15/h12-15H,2-11H2,1H3/t12-,13-. The van der Waals surface area contributed by atoms with E-state index >= 15 is 0 Å². The van der Waals surface area contributed by atoms with Crippen LogP contribution in [0, 0.1) is 5.92 Å². The zero-order chi connectivity index (χ0) is 10.9. The highest BCUT2D eigenvalue weighted by Crippen LogP contribution is 2.26. The Bertz CT molecular complexity index is 143. The summed E-state index contributed by atoms with van der Waals surface area (Å²) in [5.41, 5.74) is 0. The maximum atomic E-state index is 8.87. The fourth-order valence-corrected chi connectivity index (χ4v) is 2.26. The maximum Gasteiger partial charge on any atom is 0.0460 e. The molecule has 1 rings (SSSR count). The van der Waals surface area contributed by atoms with Crippen molar-refractivity contribution < 1.29 is 5.11 Å². The van der Waals surface area contributed by atoms with Gasteiger partial charge in [0.15, 0.2) is 0 Å². The molecule has 0 radical (unpaired) electrons. The van der Waals surface area contributed by atoms with Gasteiger partial charge in [0.05, 0.1) is 0 Å². The average Bonchev–Trinajstić information content (AvgIpc) is 2.19. The molecule has 2 N–H and O–H groups in total. The fraction of sp³-hybridized carbons (Fsp3) is 1.00. The van der Waals surface area contributed by atoms with Crippen molar-refractivity contribution in [3.05, 3.63) is 0 Å². The molecule has 15 heavy (non-hydrogen) atoms. The Morgan fingerprint density at radius 2 is 1.73 bits per heavy atom. The number of aliphatic hydroxyl groups is 1. The SMILES string of the molecule is CCCCCCCCN[C@H]1C[C@H](CO)C1. The van der Waals surface area contributed by atoms with Gasteiger partial charge in [0.1, 0.15) is 0 Å². The third kappa shape index (κ3) is 5.53. The lowest BCUT2D eigenvalue weighted by Gasteiger charge is -2.34. The first-order valence-electron chi connectivity index (χ1n) is 6.71.